The molecule has 18 heavy (non-hydrogen) atoms. The van der Waals surface area contributed by atoms with Crippen molar-refractivity contribution in [2.45, 2.75) is 25.2 Å². The van der Waals surface area contributed by atoms with E-state index in [0.29, 0.717) is 18.7 Å². The first kappa shape index (κ1) is 14.9. The summed E-state index contributed by atoms with van der Waals surface area (Å²) in [7, 11) is -1.88. The number of hydrogen-bond donors (Lipinski definition) is 2. The first-order chi connectivity index (χ1) is 8.55. The zero-order valence-corrected chi connectivity index (χ0v) is 11.5. The highest BCUT2D eigenvalue weighted by Crippen LogP contribution is 2.19. The van der Waals surface area contributed by atoms with Crippen LogP contribution in [-0.2, 0) is 21.4 Å². The van der Waals surface area contributed by atoms with E-state index in [4.69, 9.17) is 10.5 Å². The van der Waals surface area contributed by atoms with Crippen molar-refractivity contribution in [1.29, 1.82) is 0 Å². The molecule has 0 heterocycles. The highest BCUT2D eigenvalue weighted by Gasteiger charge is 2.22. The molecule has 0 radical (unpaired) electrons. The lowest BCUT2D eigenvalue weighted by atomic mass is 10.2. The number of nitrogens with one attached hydrogen (secondary N) is 1. The molecule has 0 aromatic heterocycles. The number of ether oxygens (including phenoxy) is 1. The second-order valence-corrected chi connectivity index (χ2v) is 5.96. The normalized spacial score (nSPS) is 13.3. The Morgan fingerprint density at radius 3 is 2.61 bits per heavy atom. The summed E-state index contributed by atoms with van der Waals surface area (Å²) in [6, 6.07) is 7.16. The average molecular weight is 272 g/mol. The van der Waals surface area contributed by atoms with Crippen LogP contribution in [0.3, 0.4) is 0 Å². The van der Waals surface area contributed by atoms with Gasteiger partial charge < -0.3 is 10.5 Å². The average Bonchev–Trinajstić information content (AvgIpc) is 2.32. The Balaban J connectivity index is 2.96. The van der Waals surface area contributed by atoms with Crippen molar-refractivity contribution in [3.63, 3.8) is 0 Å². The molecule has 1 aromatic rings. The van der Waals surface area contributed by atoms with Gasteiger partial charge in [0.2, 0.25) is 10.0 Å². The van der Waals surface area contributed by atoms with E-state index in [1.807, 2.05) is 12.1 Å². The fraction of sp³-hybridized carbons (Fsp3) is 0.500. The molecule has 0 saturated heterocycles. The molecule has 6 heteroatoms. The summed E-state index contributed by atoms with van der Waals surface area (Å²) in [4.78, 5) is 0. The van der Waals surface area contributed by atoms with Gasteiger partial charge in [-0.3, -0.25) is 4.72 Å². The molecule has 1 rings (SSSR count). The molecule has 1 atom stereocenters. The van der Waals surface area contributed by atoms with Crippen molar-refractivity contribution in [2.24, 2.45) is 5.73 Å². The van der Waals surface area contributed by atoms with Gasteiger partial charge in [0.25, 0.3) is 0 Å². The second kappa shape index (κ2) is 6.72. The summed E-state index contributed by atoms with van der Waals surface area (Å²) < 4.78 is 31.8. The van der Waals surface area contributed by atoms with Crippen LogP contribution in [0.5, 0.6) is 0 Å². The van der Waals surface area contributed by atoms with Crippen molar-refractivity contribution in [3.05, 3.63) is 29.8 Å². The van der Waals surface area contributed by atoms with Crippen LogP contribution in [0.15, 0.2) is 24.3 Å². The van der Waals surface area contributed by atoms with Gasteiger partial charge in [-0.25, -0.2) is 8.42 Å². The maximum Gasteiger partial charge on any atom is 0.236 e. The van der Waals surface area contributed by atoms with E-state index in [1.165, 1.54) is 0 Å². The topological polar surface area (TPSA) is 81.4 Å². The van der Waals surface area contributed by atoms with Crippen LogP contribution in [0.25, 0.3) is 0 Å². The van der Waals surface area contributed by atoms with E-state index < -0.39 is 15.3 Å². The molecule has 0 bridgehead atoms. The maximum absolute atomic E-state index is 12.1. The molecule has 0 fully saturated rings. The van der Waals surface area contributed by atoms with Crippen molar-refractivity contribution in [1.82, 2.24) is 0 Å². The number of anilines is 1. The third-order valence-electron chi connectivity index (χ3n) is 2.73. The van der Waals surface area contributed by atoms with Gasteiger partial charge in [-0.05, 0) is 12.5 Å². The molecule has 0 saturated carbocycles. The fourth-order valence-corrected chi connectivity index (χ4v) is 3.02. The third-order valence-corrected chi connectivity index (χ3v) is 4.63. The Kier molecular flexibility index (Phi) is 5.58. The number of sulfonamides is 1. The highest BCUT2D eigenvalue weighted by molar-refractivity contribution is 7.93. The van der Waals surface area contributed by atoms with Crippen LogP contribution in [-0.4, -0.2) is 27.3 Å². The number of methoxy groups -OCH3 is 1. The molecule has 102 valence electrons. The van der Waals surface area contributed by atoms with E-state index >= 15 is 0 Å². The third kappa shape index (κ3) is 3.69. The van der Waals surface area contributed by atoms with E-state index in [-0.39, 0.29) is 6.54 Å². The molecule has 3 N–H and O–H groups in total. The number of nitrogens with two attached hydrogens (primary N) is 1. The molecule has 0 spiro atoms. The minimum Gasteiger partial charge on any atom is -0.380 e. The summed E-state index contributed by atoms with van der Waals surface area (Å²) in [5, 5.41) is -0.576. The Bertz CT molecular complexity index is 470. The van der Waals surface area contributed by atoms with Crippen molar-refractivity contribution >= 4 is 15.7 Å². The van der Waals surface area contributed by atoms with Crippen LogP contribution in [0.2, 0.25) is 0 Å². The van der Waals surface area contributed by atoms with Crippen LogP contribution in [0.4, 0.5) is 5.69 Å². The Labute approximate surface area is 108 Å². The Hall–Kier alpha value is -1.11. The lowest BCUT2D eigenvalue weighted by Crippen LogP contribution is -2.34. The van der Waals surface area contributed by atoms with Crippen LogP contribution < -0.4 is 10.5 Å². The first-order valence-corrected chi connectivity index (χ1v) is 7.38. The largest absolute Gasteiger partial charge is 0.380 e. The Morgan fingerprint density at radius 1 is 1.39 bits per heavy atom. The number of para-hydroxylation sites is 1. The number of benzene rings is 1. The SMILES string of the molecule is CCC(CN)S(=O)(=O)Nc1ccccc1COC. The van der Waals surface area contributed by atoms with Gasteiger partial charge in [0.15, 0.2) is 0 Å². The minimum absolute atomic E-state index is 0.109. The summed E-state index contributed by atoms with van der Waals surface area (Å²) in [5.41, 5.74) is 6.82. The van der Waals surface area contributed by atoms with Crippen molar-refractivity contribution in [2.75, 3.05) is 18.4 Å². The molecular weight excluding hydrogens is 252 g/mol. The van der Waals surface area contributed by atoms with Crippen LogP contribution in [0, 0.1) is 0 Å². The molecule has 1 unspecified atom stereocenters. The lowest BCUT2D eigenvalue weighted by Gasteiger charge is -2.17. The number of hydrogen-bond acceptors (Lipinski definition) is 4. The van der Waals surface area contributed by atoms with E-state index in [2.05, 4.69) is 4.72 Å². The Morgan fingerprint density at radius 2 is 2.06 bits per heavy atom. The zero-order valence-electron chi connectivity index (χ0n) is 10.7. The van der Waals surface area contributed by atoms with Gasteiger partial charge in [0, 0.05) is 19.2 Å². The molecule has 0 aliphatic heterocycles. The lowest BCUT2D eigenvalue weighted by molar-refractivity contribution is 0.185. The highest BCUT2D eigenvalue weighted by atomic mass is 32.2. The minimum atomic E-state index is -3.45. The fourth-order valence-electron chi connectivity index (χ4n) is 1.65. The van der Waals surface area contributed by atoms with Gasteiger partial charge in [0.1, 0.15) is 0 Å². The van der Waals surface area contributed by atoms with Gasteiger partial charge in [-0.15, -0.1) is 0 Å². The summed E-state index contributed by atoms with van der Waals surface area (Å²) >= 11 is 0. The molecule has 0 amide bonds. The molecular formula is C12H20N2O3S. The maximum atomic E-state index is 12.1. The van der Waals surface area contributed by atoms with E-state index in [1.54, 1.807) is 26.2 Å². The van der Waals surface area contributed by atoms with Gasteiger partial charge in [-0.2, -0.15) is 0 Å². The van der Waals surface area contributed by atoms with Gasteiger partial charge in [0.05, 0.1) is 17.5 Å². The molecule has 1 aromatic carbocycles. The monoisotopic (exact) mass is 272 g/mol. The summed E-state index contributed by atoms with van der Waals surface area (Å²) in [6.07, 6.45) is 0.484. The molecule has 0 aliphatic carbocycles. The van der Waals surface area contributed by atoms with Crippen LogP contribution in [0.1, 0.15) is 18.9 Å². The molecule has 0 aliphatic rings. The second-order valence-electron chi connectivity index (χ2n) is 4.00. The van der Waals surface area contributed by atoms with Gasteiger partial charge >= 0.3 is 0 Å². The van der Waals surface area contributed by atoms with E-state index in [0.717, 1.165) is 5.56 Å². The van der Waals surface area contributed by atoms with Crippen molar-refractivity contribution < 1.29 is 13.2 Å². The smallest absolute Gasteiger partial charge is 0.236 e. The van der Waals surface area contributed by atoms with Crippen LogP contribution >= 0.6 is 0 Å². The summed E-state index contributed by atoms with van der Waals surface area (Å²) in [5.74, 6) is 0. The summed E-state index contributed by atoms with van der Waals surface area (Å²) in [6.45, 7) is 2.27. The van der Waals surface area contributed by atoms with Crippen molar-refractivity contribution in [3.8, 4) is 0 Å². The first-order valence-electron chi connectivity index (χ1n) is 5.83. The zero-order chi connectivity index (χ0) is 13.6. The van der Waals surface area contributed by atoms with Gasteiger partial charge in [-0.1, -0.05) is 25.1 Å². The predicted octanol–water partition coefficient (Wildman–Crippen LogP) is 1.31. The quantitative estimate of drug-likeness (QED) is 0.784. The predicted molar refractivity (Wildman–Crippen MR) is 72.8 cm³/mol. The standard InChI is InChI=1S/C12H20N2O3S/c1-3-11(8-13)18(15,16)14-12-7-5-4-6-10(12)9-17-2/h4-7,11,14H,3,8-9,13H2,1-2H3. The van der Waals surface area contributed by atoms with E-state index in [9.17, 15) is 8.42 Å². The molecule has 5 nitrogen and oxygen atoms in total. The number of rotatable bonds is 7.